The van der Waals surface area contributed by atoms with Crippen molar-refractivity contribution in [3.63, 3.8) is 0 Å². The predicted octanol–water partition coefficient (Wildman–Crippen LogP) is 4.18. The highest BCUT2D eigenvalue weighted by atomic mass is 32.2. The zero-order valence-corrected chi connectivity index (χ0v) is 19.9. The summed E-state index contributed by atoms with van der Waals surface area (Å²) in [6.45, 7) is 10.2. The lowest BCUT2D eigenvalue weighted by molar-refractivity contribution is -0.118. The maximum Gasteiger partial charge on any atom is 0.262 e. The molecule has 0 fully saturated rings. The third-order valence-corrected chi connectivity index (χ3v) is 7.07. The van der Waals surface area contributed by atoms with Gasteiger partial charge in [-0.15, -0.1) is 0 Å². The molecule has 8 heteroatoms. The van der Waals surface area contributed by atoms with E-state index in [0.29, 0.717) is 30.5 Å². The summed E-state index contributed by atoms with van der Waals surface area (Å²) in [7, 11) is -2.20. The van der Waals surface area contributed by atoms with Crippen LogP contribution in [0.4, 0.5) is 5.69 Å². The summed E-state index contributed by atoms with van der Waals surface area (Å²) in [5.41, 5.74) is 2.33. The molecule has 31 heavy (non-hydrogen) atoms. The van der Waals surface area contributed by atoms with E-state index < -0.39 is 15.9 Å². The lowest BCUT2D eigenvalue weighted by Crippen LogP contribution is -2.30. The van der Waals surface area contributed by atoms with Crippen LogP contribution in [0.15, 0.2) is 41.3 Å². The van der Waals surface area contributed by atoms with Crippen molar-refractivity contribution in [2.24, 2.45) is 0 Å². The smallest absolute Gasteiger partial charge is 0.262 e. The molecule has 0 bridgehead atoms. The first kappa shape index (κ1) is 24.7. The van der Waals surface area contributed by atoms with Gasteiger partial charge in [0.1, 0.15) is 11.5 Å². The number of ether oxygens (including phenoxy) is 2. The molecule has 0 atom stereocenters. The second kappa shape index (κ2) is 10.6. The van der Waals surface area contributed by atoms with Gasteiger partial charge in [0.05, 0.1) is 17.7 Å². The molecule has 7 nitrogen and oxygen atoms in total. The maximum atomic E-state index is 12.8. The highest BCUT2D eigenvalue weighted by Crippen LogP contribution is 2.29. The number of anilines is 1. The molecule has 1 amide bonds. The molecule has 0 unspecified atom stereocenters. The van der Waals surface area contributed by atoms with Crippen LogP contribution in [0.2, 0.25) is 0 Å². The van der Waals surface area contributed by atoms with Crippen LogP contribution in [-0.2, 0) is 14.8 Å². The van der Waals surface area contributed by atoms with Gasteiger partial charge in [0, 0.05) is 13.1 Å². The van der Waals surface area contributed by atoms with Crippen molar-refractivity contribution in [3.05, 3.63) is 47.5 Å². The number of methoxy groups -OCH3 is 1. The van der Waals surface area contributed by atoms with E-state index in [-0.39, 0.29) is 17.2 Å². The molecule has 2 rings (SSSR count). The molecule has 0 saturated heterocycles. The van der Waals surface area contributed by atoms with Crippen LogP contribution in [0, 0.1) is 6.92 Å². The van der Waals surface area contributed by atoms with Gasteiger partial charge in [-0.2, -0.15) is 4.31 Å². The van der Waals surface area contributed by atoms with Crippen LogP contribution >= 0.6 is 0 Å². The fourth-order valence-corrected chi connectivity index (χ4v) is 4.60. The van der Waals surface area contributed by atoms with Crippen molar-refractivity contribution in [2.75, 3.05) is 32.1 Å². The molecule has 0 aliphatic carbocycles. The normalized spacial score (nSPS) is 11.6. The van der Waals surface area contributed by atoms with Crippen LogP contribution in [-0.4, -0.2) is 45.4 Å². The number of amides is 1. The van der Waals surface area contributed by atoms with E-state index in [9.17, 15) is 13.2 Å². The molecule has 0 saturated carbocycles. The molecule has 0 aromatic heterocycles. The standard InChI is InChI=1S/C23H32N2O5S/c1-7-25(8-2)31(27,28)19-11-12-21(29-6)20(14-19)24-23(26)15-30-22-13-18(16(3)4)10-9-17(22)5/h9-14,16H,7-8,15H2,1-6H3,(H,24,26). The van der Waals surface area contributed by atoms with Gasteiger partial charge in [0.25, 0.3) is 5.91 Å². The van der Waals surface area contributed by atoms with Crippen LogP contribution in [0.1, 0.15) is 44.7 Å². The van der Waals surface area contributed by atoms with Gasteiger partial charge in [-0.25, -0.2) is 8.42 Å². The Bertz CT molecular complexity index is 1010. The first-order valence-electron chi connectivity index (χ1n) is 10.3. The van der Waals surface area contributed by atoms with Crippen molar-refractivity contribution >= 4 is 21.6 Å². The molecular weight excluding hydrogens is 416 g/mol. The number of carbonyl (C=O) groups is 1. The van der Waals surface area contributed by atoms with Crippen LogP contribution in [0.25, 0.3) is 0 Å². The lowest BCUT2D eigenvalue weighted by atomic mass is 10.0. The van der Waals surface area contributed by atoms with Crippen molar-refractivity contribution in [1.29, 1.82) is 0 Å². The summed E-state index contributed by atoms with van der Waals surface area (Å²) >= 11 is 0. The minimum Gasteiger partial charge on any atom is -0.495 e. The van der Waals surface area contributed by atoms with Gasteiger partial charge in [-0.1, -0.05) is 39.8 Å². The summed E-state index contributed by atoms with van der Waals surface area (Å²) in [6, 6.07) is 10.4. The maximum absolute atomic E-state index is 12.8. The van der Waals surface area contributed by atoms with E-state index in [1.807, 2.05) is 25.1 Å². The number of rotatable bonds is 10. The van der Waals surface area contributed by atoms with Crippen molar-refractivity contribution in [2.45, 2.75) is 45.4 Å². The quantitative estimate of drug-likeness (QED) is 0.590. The Hall–Kier alpha value is -2.58. The molecule has 0 radical (unpaired) electrons. The molecule has 0 heterocycles. The third kappa shape index (κ3) is 5.98. The Morgan fingerprint density at radius 3 is 2.32 bits per heavy atom. The number of hydrogen-bond donors (Lipinski definition) is 1. The Balaban J connectivity index is 2.20. The summed E-state index contributed by atoms with van der Waals surface area (Å²) in [4.78, 5) is 12.6. The Labute approximate surface area is 185 Å². The zero-order chi connectivity index (χ0) is 23.2. The lowest BCUT2D eigenvalue weighted by Gasteiger charge is -2.19. The average molecular weight is 449 g/mol. The Kier molecular flexibility index (Phi) is 8.47. The number of carbonyl (C=O) groups excluding carboxylic acids is 1. The van der Waals surface area contributed by atoms with Gasteiger partial charge in [0.15, 0.2) is 6.61 Å². The summed E-state index contributed by atoms with van der Waals surface area (Å²) in [6.07, 6.45) is 0. The minimum absolute atomic E-state index is 0.0914. The second-order valence-electron chi connectivity index (χ2n) is 7.47. The van der Waals surface area contributed by atoms with E-state index in [0.717, 1.165) is 11.1 Å². The van der Waals surface area contributed by atoms with E-state index >= 15 is 0 Å². The third-order valence-electron chi connectivity index (χ3n) is 5.03. The van der Waals surface area contributed by atoms with Crippen LogP contribution in [0.5, 0.6) is 11.5 Å². The molecule has 0 spiro atoms. The van der Waals surface area contributed by atoms with E-state index in [4.69, 9.17) is 9.47 Å². The second-order valence-corrected chi connectivity index (χ2v) is 9.41. The zero-order valence-electron chi connectivity index (χ0n) is 19.1. The minimum atomic E-state index is -3.66. The SMILES string of the molecule is CCN(CC)S(=O)(=O)c1ccc(OC)c(NC(=O)COc2cc(C(C)C)ccc2C)c1. The molecule has 0 aliphatic rings. The predicted molar refractivity (Wildman–Crippen MR) is 122 cm³/mol. The number of nitrogens with zero attached hydrogens (tertiary/aromatic N) is 1. The van der Waals surface area contributed by atoms with Crippen molar-refractivity contribution in [3.8, 4) is 11.5 Å². The first-order chi connectivity index (χ1) is 14.6. The van der Waals surface area contributed by atoms with Gasteiger partial charge in [-0.05, 0) is 48.2 Å². The molecule has 1 N–H and O–H groups in total. The van der Waals surface area contributed by atoms with Crippen LogP contribution < -0.4 is 14.8 Å². The highest BCUT2D eigenvalue weighted by molar-refractivity contribution is 7.89. The Morgan fingerprint density at radius 1 is 1.06 bits per heavy atom. The largest absolute Gasteiger partial charge is 0.495 e. The average Bonchev–Trinajstić information content (AvgIpc) is 2.73. The molecular formula is C23H32N2O5S. The van der Waals surface area contributed by atoms with Gasteiger partial charge in [-0.3, -0.25) is 4.79 Å². The number of benzene rings is 2. The first-order valence-corrected chi connectivity index (χ1v) is 11.8. The van der Waals surface area contributed by atoms with Gasteiger partial charge >= 0.3 is 0 Å². The molecule has 2 aromatic rings. The van der Waals surface area contributed by atoms with Crippen LogP contribution in [0.3, 0.4) is 0 Å². The summed E-state index contributed by atoms with van der Waals surface area (Å²) < 4.78 is 38.0. The van der Waals surface area contributed by atoms with Gasteiger partial charge < -0.3 is 14.8 Å². The fraction of sp³-hybridized carbons (Fsp3) is 0.435. The van der Waals surface area contributed by atoms with E-state index in [2.05, 4.69) is 19.2 Å². The van der Waals surface area contributed by atoms with Crippen molar-refractivity contribution in [1.82, 2.24) is 4.31 Å². The molecule has 170 valence electrons. The number of aryl methyl sites for hydroxylation is 1. The topological polar surface area (TPSA) is 84.9 Å². The van der Waals surface area contributed by atoms with E-state index in [1.165, 1.54) is 29.6 Å². The number of nitrogens with one attached hydrogen (secondary N) is 1. The monoisotopic (exact) mass is 448 g/mol. The fourth-order valence-electron chi connectivity index (χ4n) is 3.12. The molecule has 2 aromatic carbocycles. The van der Waals surface area contributed by atoms with E-state index in [1.54, 1.807) is 13.8 Å². The highest BCUT2D eigenvalue weighted by Gasteiger charge is 2.23. The molecule has 0 aliphatic heterocycles. The Morgan fingerprint density at radius 2 is 1.74 bits per heavy atom. The summed E-state index contributed by atoms with van der Waals surface area (Å²) in [5, 5.41) is 2.70. The van der Waals surface area contributed by atoms with Crippen molar-refractivity contribution < 1.29 is 22.7 Å². The summed E-state index contributed by atoms with van der Waals surface area (Å²) in [5.74, 6) is 0.942. The number of hydrogen-bond acceptors (Lipinski definition) is 5. The number of sulfonamides is 1. The van der Waals surface area contributed by atoms with Gasteiger partial charge in [0.2, 0.25) is 10.0 Å².